The van der Waals surface area contributed by atoms with Crippen LogP contribution in [-0.4, -0.2) is 29.9 Å². The molecule has 1 atom stereocenters. The second-order valence-corrected chi connectivity index (χ2v) is 6.14. The van der Waals surface area contributed by atoms with Gasteiger partial charge < -0.3 is 10.2 Å². The number of nitrogens with one attached hydrogen (secondary N) is 1. The van der Waals surface area contributed by atoms with E-state index in [1.165, 1.54) is 6.07 Å². The van der Waals surface area contributed by atoms with E-state index in [0.717, 1.165) is 31.6 Å². The summed E-state index contributed by atoms with van der Waals surface area (Å²) < 4.78 is 37.9. The first-order chi connectivity index (χ1) is 10.2. The Morgan fingerprint density at radius 1 is 1.32 bits per heavy atom. The van der Waals surface area contributed by atoms with Crippen LogP contribution in [0.25, 0.3) is 0 Å². The molecule has 1 amide bonds. The zero-order valence-electron chi connectivity index (χ0n) is 12.4. The Morgan fingerprint density at radius 2 is 1.95 bits per heavy atom. The first-order valence-corrected chi connectivity index (χ1v) is 7.50. The van der Waals surface area contributed by atoms with Gasteiger partial charge >= 0.3 is 6.18 Å². The van der Waals surface area contributed by atoms with Crippen molar-refractivity contribution >= 4 is 23.2 Å². The van der Waals surface area contributed by atoms with Gasteiger partial charge in [-0.3, -0.25) is 4.79 Å². The van der Waals surface area contributed by atoms with E-state index in [9.17, 15) is 18.0 Å². The quantitative estimate of drug-likeness (QED) is 0.901. The monoisotopic (exact) mass is 334 g/mol. The smallest absolute Gasteiger partial charge is 0.372 e. The topological polar surface area (TPSA) is 32.3 Å². The minimum Gasteiger partial charge on any atom is -0.372 e. The lowest BCUT2D eigenvalue weighted by atomic mass is 10.0. The van der Waals surface area contributed by atoms with Gasteiger partial charge in [-0.15, -0.1) is 0 Å². The average molecular weight is 335 g/mol. The summed E-state index contributed by atoms with van der Waals surface area (Å²) in [6, 6.07) is 2.59. The summed E-state index contributed by atoms with van der Waals surface area (Å²) >= 11 is 5.93. The minimum absolute atomic E-state index is 0.00791. The molecule has 0 unspecified atom stereocenters. The Morgan fingerprint density at radius 3 is 2.36 bits per heavy atom. The van der Waals surface area contributed by atoms with Crippen molar-refractivity contribution in [1.82, 2.24) is 4.90 Å². The van der Waals surface area contributed by atoms with Crippen LogP contribution in [0, 0.1) is 5.92 Å². The standard InChI is InChI=1S/C15H18ClF3N2O/c1-9(2)13(14(22)21-6-3-7-21)20-12-5-4-10(8-11(12)16)15(17,18)19/h4-5,8-9,13,20H,3,6-7H2,1-2H3/t13-/m0/s1. The number of hydrogen-bond donors (Lipinski definition) is 1. The van der Waals surface area contributed by atoms with Crippen molar-refractivity contribution in [3.05, 3.63) is 28.8 Å². The number of alkyl halides is 3. The molecule has 1 aromatic rings. The maximum Gasteiger partial charge on any atom is 0.416 e. The molecule has 0 aliphatic carbocycles. The van der Waals surface area contributed by atoms with Gasteiger partial charge in [0.15, 0.2) is 0 Å². The molecule has 1 N–H and O–H groups in total. The Hall–Kier alpha value is -1.43. The lowest BCUT2D eigenvalue weighted by Gasteiger charge is -2.36. The minimum atomic E-state index is -4.44. The average Bonchev–Trinajstić information content (AvgIpc) is 2.33. The van der Waals surface area contributed by atoms with Crippen LogP contribution in [0.2, 0.25) is 5.02 Å². The molecular weight excluding hydrogens is 317 g/mol. The molecule has 1 aliphatic heterocycles. The van der Waals surface area contributed by atoms with Crippen molar-refractivity contribution in [3.8, 4) is 0 Å². The van der Waals surface area contributed by atoms with Gasteiger partial charge in [0.1, 0.15) is 6.04 Å². The molecule has 0 aromatic heterocycles. The van der Waals surface area contributed by atoms with Gasteiger partial charge in [0.2, 0.25) is 5.91 Å². The Balaban J connectivity index is 2.18. The summed E-state index contributed by atoms with van der Waals surface area (Å²) in [5, 5.41) is 2.94. The van der Waals surface area contributed by atoms with Crippen LogP contribution in [0.1, 0.15) is 25.8 Å². The highest BCUT2D eigenvalue weighted by Crippen LogP contribution is 2.34. The van der Waals surface area contributed by atoms with Crippen molar-refractivity contribution in [2.75, 3.05) is 18.4 Å². The van der Waals surface area contributed by atoms with Crippen molar-refractivity contribution in [1.29, 1.82) is 0 Å². The summed E-state index contributed by atoms with van der Waals surface area (Å²) in [5.74, 6) is -0.0522. The molecule has 0 spiro atoms. The number of hydrogen-bond acceptors (Lipinski definition) is 2. The van der Waals surface area contributed by atoms with Crippen LogP contribution in [0.4, 0.5) is 18.9 Å². The fourth-order valence-electron chi connectivity index (χ4n) is 2.22. The van der Waals surface area contributed by atoms with E-state index in [-0.39, 0.29) is 16.8 Å². The van der Waals surface area contributed by atoms with Gasteiger partial charge in [-0.25, -0.2) is 0 Å². The van der Waals surface area contributed by atoms with Crippen LogP contribution in [-0.2, 0) is 11.0 Å². The molecule has 1 heterocycles. The zero-order valence-corrected chi connectivity index (χ0v) is 13.1. The molecule has 0 radical (unpaired) electrons. The summed E-state index contributed by atoms with van der Waals surface area (Å²) in [6.07, 6.45) is -3.45. The molecule has 3 nitrogen and oxygen atoms in total. The number of amides is 1. The van der Waals surface area contributed by atoms with Gasteiger partial charge in [0.25, 0.3) is 0 Å². The molecule has 122 valence electrons. The van der Waals surface area contributed by atoms with Gasteiger partial charge in [-0.2, -0.15) is 13.2 Å². The molecule has 0 bridgehead atoms. The van der Waals surface area contributed by atoms with E-state index in [1.807, 2.05) is 13.8 Å². The molecule has 0 saturated carbocycles. The predicted octanol–water partition coefficient (Wildman–Crippen LogP) is 4.03. The highest BCUT2D eigenvalue weighted by Gasteiger charge is 2.33. The molecule has 22 heavy (non-hydrogen) atoms. The number of anilines is 1. The van der Waals surface area contributed by atoms with E-state index in [0.29, 0.717) is 5.69 Å². The van der Waals surface area contributed by atoms with E-state index in [4.69, 9.17) is 11.6 Å². The van der Waals surface area contributed by atoms with Gasteiger partial charge in [-0.05, 0) is 30.5 Å². The summed E-state index contributed by atoms with van der Waals surface area (Å²) in [7, 11) is 0. The van der Waals surface area contributed by atoms with Gasteiger partial charge in [-0.1, -0.05) is 25.4 Å². The van der Waals surface area contributed by atoms with E-state index < -0.39 is 17.8 Å². The normalized spacial score (nSPS) is 16.4. The molecule has 1 aliphatic rings. The highest BCUT2D eigenvalue weighted by molar-refractivity contribution is 6.33. The number of benzene rings is 1. The number of carbonyl (C=O) groups is 1. The van der Waals surface area contributed by atoms with Crippen LogP contribution in [0.5, 0.6) is 0 Å². The van der Waals surface area contributed by atoms with E-state index >= 15 is 0 Å². The van der Waals surface area contributed by atoms with E-state index in [1.54, 1.807) is 4.90 Å². The highest BCUT2D eigenvalue weighted by atomic mass is 35.5. The molecule has 1 aromatic carbocycles. The number of likely N-dealkylation sites (tertiary alicyclic amines) is 1. The first-order valence-electron chi connectivity index (χ1n) is 7.12. The maximum absolute atomic E-state index is 12.6. The fourth-order valence-corrected chi connectivity index (χ4v) is 2.46. The largest absolute Gasteiger partial charge is 0.416 e. The molecule has 1 fully saturated rings. The van der Waals surface area contributed by atoms with Crippen molar-refractivity contribution in [2.24, 2.45) is 5.92 Å². The molecular formula is C15H18ClF3N2O. The number of rotatable bonds is 4. The Kier molecular flexibility index (Phi) is 4.90. The SMILES string of the molecule is CC(C)[C@H](Nc1ccc(C(F)(F)F)cc1Cl)C(=O)N1CCC1. The third-order valence-corrected chi connectivity index (χ3v) is 4.02. The molecule has 1 saturated heterocycles. The van der Waals surface area contributed by atoms with Crippen molar-refractivity contribution in [3.63, 3.8) is 0 Å². The van der Waals surface area contributed by atoms with Gasteiger partial charge in [0.05, 0.1) is 16.3 Å². The van der Waals surface area contributed by atoms with Crippen molar-refractivity contribution < 1.29 is 18.0 Å². The Labute approximate surface area is 132 Å². The fraction of sp³-hybridized carbons (Fsp3) is 0.533. The van der Waals surface area contributed by atoms with Crippen LogP contribution >= 0.6 is 11.6 Å². The zero-order chi connectivity index (χ0) is 16.5. The second kappa shape index (κ2) is 6.36. The summed E-state index contributed by atoms with van der Waals surface area (Å²) in [5.41, 5.74) is -0.472. The molecule has 2 rings (SSSR count). The lowest BCUT2D eigenvalue weighted by molar-refractivity contribution is -0.138. The first kappa shape index (κ1) is 16.9. The van der Waals surface area contributed by atoms with Crippen LogP contribution < -0.4 is 5.32 Å². The predicted molar refractivity (Wildman–Crippen MR) is 79.9 cm³/mol. The summed E-state index contributed by atoms with van der Waals surface area (Å²) in [6.45, 7) is 5.22. The van der Waals surface area contributed by atoms with E-state index in [2.05, 4.69) is 5.32 Å². The van der Waals surface area contributed by atoms with Gasteiger partial charge in [0, 0.05) is 13.1 Å². The third kappa shape index (κ3) is 3.66. The number of nitrogens with zero attached hydrogens (tertiary/aromatic N) is 1. The van der Waals surface area contributed by atoms with Crippen molar-refractivity contribution in [2.45, 2.75) is 32.5 Å². The molecule has 7 heteroatoms. The maximum atomic E-state index is 12.6. The van der Waals surface area contributed by atoms with Crippen LogP contribution in [0.15, 0.2) is 18.2 Å². The lowest BCUT2D eigenvalue weighted by Crippen LogP contribution is -2.51. The summed E-state index contributed by atoms with van der Waals surface area (Å²) in [4.78, 5) is 14.1. The number of halogens is 4. The third-order valence-electron chi connectivity index (χ3n) is 3.71. The van der Waals surface area contributed by atoms with Crippen LogP contribution in [0.3, 0.4) is 0 Å². The Bertz CT molecular complexity index is 556. The second-order valence-electron chi connectivity index (χ2n) is 5.74. The number of carbonyl (C=O) groups excluding carboxylic acids is 1.